The molecule has 4 nitrogen and oxygen atoms in total. The molecule has 0 bridgehead atoms. The van der Waals surface area contributed by atoms with Crippen LogP contribution in [-0.4, -0.2) is 16.2 Å². The number of nitrogens with one attached hydrogen (secondary N) is 1. The monoisotopic (exact) mass is 195 g/mol. The van der Waals surface area contributed by atoms with E-state index >= 15 is 0 Å². The average Bonchev–Trinajstić information content (AvgIpc) is 2.49. The number of rotatable bonds is 3. The summed E-state index contributed by atoms with van der Waals surface area (Å²) in [6, 6.07) is 0.837. The van der Waals surface area contributed by atoms with Crippen molar-refractivity contribution in [1.29, 1.82) is 0 Å². The van der Waals surface area contributed by atoms with E-state index in [1.165, 1.54) is 12.8 Å². The minimum absolute atomic E-state index is 0.199. The third-order valence-electron chi connectivity index (χ3n) is 2.79. The van der Waals surface area contributed by atoms with Crippen molar-refractivity contribution in [2.75, 3.05) is 0 Å². The van der Waals surface area contributed by atoms with Gasteiger partial charge in [0.05, 0.1) is 6.04 Å². The molecule has 1 aliphatic carbocycles. The molecule has 1 aliphatic rings. The molecule has 1 unspecified atom stereocenters. The normalized spacial score (nSPS) is 28.5. The average molecular weight is 195 g/mol. The quantitative estimate of drug-likeness (QED) is 0.799. The standard InChI is InChI=1S/C10H17N3O/c1-6-4-9(5-6)11-7(2)10-12-8(3)14-13-10/h6-7,9,11H,4-5H2,1-3H3. The lowest BCUT2D eigenvalue weighted by Gasteiger charge is -2.34. The fraction of sp³-hybridized carbons (Fsp3) is 0.800. The molecule has 0 saturated heterocycles. The summed E-state index contributed by atoms with van der Waals surface area (Å²) in [4.78, 5) is 4.20. The lowest BCUT2D eigenvalue weighted by molar-refractivity contribution is 0.222. The Morgan fingerprint density at radius 3 is 2.71 bits per heavy atom. The molecule has 0 aromatic carbocycles. The maximum atomic E-state index is 4.94. The Morgan fingerprint density at radius 1 is 1.50 bits per heavy atom. The van der Waals surface area contributed by atoms with Crippen molar-refractivity contribution in [1.82, 2.24) is 15.5 Å². The van der Waals surface area contributed by atoms with E-state index in [0.717, 1.165) is 11.7 Å². The van der Waals surface area contributed by atoms with Gasteiger partial charge in [-0.1, -0.05) is 12.1 Å². The van der Waals surface area contributed by atoms with Crippen molar-refractivity contribution in [2.24, 2.45) is 5.92 Å². The summed E-state index contributed by atoms with van der Waals surface area (Å²) >= 11 is 0. The second-order valence-electron chi connectivity index (χ2n) is 4.33. The van der Waals surface area contributed by atoms with E-state index in [1.807, 2.05) is 6.92 Å². The van der Waals surface area contributed by atoms with Crippen molar-refractivity contribution in [3.63, 3.8) is 0 Å². The summed E-state index contributed by atoms with van der Waals surface area (Å²) in [5.74, 6) is 2.27. The van der Waals surface area contributed by atoms with Crippen LogP contribution >= 0.6 is 0 Å². The lowest BCUT2D eigenvalue weighted by Crippen LogP contribution is -2.41. The van der Waals surface area contributed by atoms with E-state index in [9.17, 15) is 0 Å². The zero-order valence-electron chi connectivity index (χ0n) is 8.95. The highest BCUT2D eigenvalue weighted by Crippen LogP contribution is 2.28. The smallest absolute Gasteiger partial charge is 0.223 e. The van der Waals surface area contributed by atoms with Crippen LogP contribution in [0.2, 0.25) is 0 Å². The largest absolute Gasteiger partial charge is 0.340 e. The summed E-state index contributed by atoms with van der Waals surface area (Å²) in [5, 5.41) is 7.39. The number of nitrogens with zero attached hydrogens (tertiary/aromatic N) is 2. The summed E-state index contributed by atoms with van der Waals surface area (Å²) in [5.41, 5.74) is 0. The van der Waals surface area contributed by atoms with Gasteiger partial charge < -0.3 is 9.84 Å². The molecule has 0 aliphatic heterocycles. The molecule has 1 heterocycles. The predicted octanol–water partition coefficient (Wildman–Crippen LogP) is 1.83. The molecule has 1 aromatic heterocycles. The molecule has 78 valence electrons. The first-order valence-electron chi connectivity index (χ1n) is 5.21. The van der Waals surface area contributed by atoms with Gasteiger partial charge in [0.25, 0.3) is 0 Å². The Hall–Kier alpha value is -0.900. The van der Waals surface area contributed by atoms with Crippen LogP contribution in [0.15, 0.2) is 4.52 Å². The Bertz CT molecular complexity index is 304. The van der Waals surface area contributed by atoms with Crippen molar-refractivity contribution in [2.45, 2.75) is 45.7 Å². The molecule has 1 N–H and O–H groups in total. The van der Waals surface area contributed by atoms with E-state index < -0.39 is 0 Å². The van der Waals surface area contributed by atoms with Crippen LogP contribution in [0, 0.1) is 12.8 Å². The van der Waals surface area contributed by atoms with Gasteiger partial charge in [-0.25, -0.2) is 0 Å². The second-order valence-corrected chi connectivity index (χ2v) is 4.33. The first-order valence-corrected chi connectivity index (χ1v) is 5.21. The Morgan fingerprint density at radius 2 is 2.21 bits per heavy atom. The van der Waals surface area contributed by atoms with Gasteiger partial charge in [-0.15, -0.1) is 0 Å². The minimum Gasteiger partial charge on any atom is -0.340 e. The van der Waals surface area contributed by atoms with Crippen LogP contribution in [0.5, 0.6) is 0 Å². The van der Waals surface area contributed by atoms with E-state index in [0.29, 0.717) is 11.9 Å². The zero-order chi connectivity index (χ0) is 10.1. The van der Waals surface area contributed by atoms with Gasteiger partial charge >= 0.3 is 0 Å². The SMILES string of the molecule is Cc1nc(C(C)NC2CC(C)C2)no1. The van der Waals surface area contributed by atoms with Gasteiger partial charge in [0.15, 0.2) is 5.82 Å². The van der Waals surface area contributed by atoms with Crippen LogP contribution < -0.4 is 5.32 Å². The number of aromatic nitrogens is 2. The van der Waals surface area contributed by atoms with Crippen molar-refractivity contribution >= 4 is 0 Å². The van der Waals surface area contributed by atoms with E-state index in [-0.39, 0.29) is 6.04 Å². The Kier molecular flexibility index (Phi) is 2.54. The molecular formula is C10H17N3O. The molecule has 0 amide bonds. The van der Waals surface area contributed by atoms with Gasteiger partial charge in [-0.2, -0.15) is 4.98 Å². The molecule has 1 aromatic rings. The lowest BCUT2D eigenvalue weighted by atomic mass is 9.81. The molecule has 4 heteroatoms. The van der Waals surface area contributed by atoms with Crippen LogP contribution in [-0.2, 0) is 0 Å². The third kappa shape index (κ3) is 1.95. The maximum absolute atomic E-state index is 4.94. The molecule has 1 fully saturated rings. The highest BCUT2D eigenvalue weighted by atomic mass is 16.5. The van der Waals surface area contributed by atoms with E-state index in [4.69, 9.17) is 4.52 Å². The molecule has 1 saturated carbocycles. The van der Waals surface area contributed by atoms with Crippen molar-refractivity contribution in [3.8, 4) is 0 Å². The molecular weight excluding hydrogens is 178 g/mol. The van der Waals surface area contributed by atoms with Crippen molar-refractivity contribution in [3.05, 3.63) is 11.7 Å². The minimum atomic E-state index is 0.199. The first-order chi connectivity index (χ1) is 6.65. The molecule has 14 heavy (non-hydrogen) atoms. The topological polar surface area (TPSA) is 51.0 Å². The van der Waals surface area contributed by atoms with Gasteiger partial charge in [0, 0.05) is 13.0 Å². The van der Waals surface area contributed by atoms with Crippen LogP contribution in [0.25, 0.3) is 0 Å². The summed E-state index contributed by atoms with van der Waals surface area (Å²) in [6.45, 7) is 6.17. The molecule has 2 rings (SSSR count). The number of hydrogen-bond acceptors (Lipinski definition) is 4. The summed E-state index contributed by atoms with van der Waals surface area (Å²) < 4.78 is 4.94. The zero-order valence-corrected chi connectivity index (χ0v) is 8.95. The highest BCUT2D eigenvalue weighted by Gasteiger charge is 2.27. The number of hydrogen-bond donors (Lipinski definition) is 1. The van der Waals surface area contributed by atoms with Crippen LogP contribution in [0.1, 0.15) is 44.4 Å². The van der Waals surface area contributed by atoms with Gasteiger partial charge in [0.2, 0.25) is 5.89 Å². The molecule has 0 spiro atoms. The first kappa shape index (κ1) is 9.65. The Labute approximate surface area is 84.1 Å². The van der Waals surface area contributed by atoms with Gasteiger partial charge in [-0.05, 0) is 25.7 Å². The van der Waals surface area contributed by atoms with E-state index in [2.05, 4.69) is 29.3 Å². The Balaban J connectivity index is 1.86. The van der Waals surface area contributed by atoms with Crippen molar-refractivity contribution < 1.29 is 4.52 Å². The van der Waals surface area contributed by atoms with Gasteiger partial charge in [-0.3, -0.25) is 0 Å². The summed E-state index contributed by atoms with van der Waals surface area (Å²) in [7, 11) is 0. The second kappa shape index (κ2) is 3.69. The summed E-state index contributed by atoms with van der Waals surface area (Å²) in [6.07, 6.45) is 2.53. The highest BCUT2D eigenvalue weighted by molar-refractivity contribution is 4.94. The maximum Gasteiger partial charge on any atom is 0.223 e. The van der Waals surface area contributed by atoms with Crippen LogP contribution in [0.3, 0.4) is 0 Å². The third-order valence-corrected chi connectivity index (χ3v) is 2.79. The van der Waals surface area contributed by atoms with Gasteiger partial charge in [0.1, 0.15) is 0 Å². The number of aryl methyl sites for hydroxylation is 1. The fourth-order valence-electron chi connectivity index (χ4n) is 1.96. The van der Waals surface area contributed by atoms with E-state index in [1.54, 1.807) is 0 Å². The predicted molar refractivity (Wildman–Crippen MR) is 52.8 cm³/mol. The molecule has 0 radical (unpaired) electrons. The molecule has 1 atom stereocenters. The van der Waals surface area contributed by atoms with Crippen LogP contribution in [0.4, 0.5) is 0 Å². The fourth-order valence-corrected chi connectivity index (χ4v) is 1.96.